The highest BCUT2D eigenvalue weighted by molar-refractivity contribution is 5.74. The number of pyridine rings is 1. The fourth-order valence-corrected chi connectivity index (χ4v) is 3.09. The zero-order valence-corrected chi connectivity index (χ0v) is 11.8. The van der Waals surface area contributed by atoms with Gasteiger partial charge in [0.05, 0.1) is 5.69 Å². The molecule has 1 aliphatic rings. The molecule has 0 saturated carbocycles. The van der Waals surface area contributed by atoms with Gasteiger partial charge in [-0.2, -0.15) is 0 Å². The molecule has 3 rings (SSSR count). The van der Waals surface area contributed by atoms with E-state index in [-0.39, 0.29) is 17.9 Å². The molecule has 0 saturated heterocycles. The van der Waals surface area contributed by atoms with E-state index in [1.165, 1.54) is 11.1 Å². The van der Waals surface area contributed by atoms with Crippen LogP contribution in [0.3, 0.4) is 0 Å². The van der Waals surface area contributed by atoms with E-state index in [0.717, 1.165) is 18.5 Å². The number of nitrogens with zero attached hydrogens (tertiary/aromatic N) is 1. The first kappa shape index (κ1) is 13.6. The Morgan fingerprint density at radius 2 is 1.95 bits per heavy atom. The third-order valence-corrected chi connectivity index (χ3v) is 4.09. The molecule has 1 aliphatic carbocycles. The summed E-state index contributed by atoms with van der Waals surface area (Å²) in [7, 11) is 0. The Kier molecular flexibility index (Phi) is 3.86. The summed E-state index contributed by atoms with van der Waals surface area (Å²) < 4.78 is 0. The molecule has 0 aliphatic heterocycles. The lowest BCUT2D eigenvalue weighted by Gasteiger charge is -2.33. The summed E-state index contributed by atoms with van der Waals surface area (Å²) in [4.78, 5) is 15.5. The van der Waals surface area contributed by atoms with Gasteiger partial charge in [0.1, 0.15) is 0 Å². The highest BCUT2D eigenvalue weighted by Crippen LogP contribution is 2.29. The Balaban J connectivity index is 1.83. The minimum atomic E-state index is -0.239. The van der Waals surface area contributed by atoms with Gasteiger partial charge in [-0.3, -0.25) is 9.78 Å². The normalized spacial score (nSPS) is 20.6. The number of aromatic nitrogens is 1. The highest BCUT2D eigenvalue weighted by atomic mass is 16.1. The molecule has 0 spiro atoms. The lowest BCUT2D eigenvalue weighted by atomic mass is 9.78. The van der Waals surface area contributed by atoms with E-state index in [1.807, 2.05) is 18.3 Å². The fourth-order valence-electron chi connectivity index (χ4n) is 3.09. The van der Waals surface area contributed by atoms with Gasteiger partial charge in [0.2, 0.25) is 5.91 Å². The van der Waals surface area contributed by atoms with Gasteiger partial charge in [0, 0.05) is 24.9 Å². The van der Waals surface area contributed by atoms with Crippen LogP contribution in [-0.4, -0.2) is 16.9 Å². The Labute approximate surface area is 124 Å². The molecule has 2 unspecified atom stereocenters. The minimum Gasteiger partial charge on any atom is -0.380 e. The van der Waals surface area contributed by atoms with Crippen molar-refractivity contribution in [2.45, 2.75) is 25.3 Å². The van der Waals surface area contributed by atoms with Crippen LogP contribution in [0.4, 0.5) is 5.69 Å². The number of nitrogens with two attached hydrogens (primary N) is 1. The molecular formula is C17H19N3O. The van der Waals surface area contributed by atoms with Crippen LogP contribution in [0.1, 0.15) is 17.5 Å². The van der Waals surface area contributed by atoms with E-state index in [4.69, 9.17) is 5.73 Å². The number of nitrogens with one attached hydrogen (secondary N) is 1. The molecule has 4 heteroatoms. The lowest BCUT2D eigenvalue weighted by molar-refractivity contribution is -0.119. The number of fused-ring (bicyclic) bond motifs is 1. The highest BCUT2D eigenvalue weighted by Gasteiger charge is 2.29. The summed E-state index contributed by atoms with van der Waals surface area (Å²) in [5.41, 5.74) is 9.08. The summed E-state index contributed by atoms with van der Waals surface area (Å²) in [5.74, 6) is -0.0185. The van der Waals surface area contributed by atoms with Gasteiger partial charge < -0.3 is 11.1 Å². The lowest BCUT2D eigenvalue weighted by Crippen LogP contribution is -2.38. The van der Waals surface area contributed by atoms with Crippen LogP contribution < -0.4 is 11.1 Å². The van der Waals surface area contributed by atoms with Crippen LogP contribution in [0, 0.1) is 5.92 Å². The number of anilines is 1. The first-order valence-corrected chi connectivity index (χ1v) is 7.24. The monoisotopic (exact) mass is 281 g/mol. The molecular weight excluding hydrogens is 262 g/mol. The summed E-state index contributed by atoms with van der Waals surface area (Å²) in [6.45, 7) is 0. The second-order valence-electron chi connectivity index (χ2n) is 5.60. The van der Waals surface area contributed by atoms with Crippen LogP contribution in [0.5, 0.6) is 0 Å². The van der Waals surface area contributed by atoms with E-state index in [9.17, 15) is 4.79 Å². The smallest absolute Gasteiger partial charge is 0.217 e. The van der Waals surface area contributed by atoms with Gasteiger partial charge in [0.25, 0.3) is 0 Å². The number of benzene rings is 1. The number of hydrogen-bond donors (Lipinski definition) is 2. The number of hydrogen-bond acceptors (Lipinski definition) is 3. The average molecular weight is 281 g/mol. The van der Waals surface area contributed by atoms with E-state index in [0.29, 0.717) is 6.42 Å². The predicted molar refractivity (Wildman–Crippen MR) is 82.8 cm³/mol. The third kappa shape index (κ3) is 3.21. The molecule has 0 fully saturated rings. The number of primary amides is 1. The van der Waals surface area contributed by atoms with Crippen molar-refractivity contribution in [3.05, 3.63) is 59.9 Å². The summed E-state index contributed by atoms with van der Waals surface area (Å²) in [5, 5.41) is 3.51. The maximum atomic E-state index is 11.4. The van der Waals surface area contributed by atoms with Gasteiger partial charge in [-0.05, 0) is 42.0 Å². The first-order chi connectivity index (χ1) is 10.2. The van der Waals surface area contributed by atoms with Crippen molar-refractivity contribution in [2.24, 2.45) is 11.7 Å². The molecule has 0 radical (unpaired) electrons. The summed E-state index contributed by atoms with van der Waals surface area (Å²) >= 11 is 0. The summed E-state index contributed by atoms with van der Waals surface area (Å²) in [6.07, 6.45) is 5.76. The average Bonchev–Trinajstić information content (AvgIpc) is 2.48. The summed E-state index contributed by atoms with van der Waals surface area (Å²) in [6, 6.07) is 12.5. The van der Waals surface area contributed by atoms with Gasteiger partial charge >= 0.3 is 0 Å². The predicted octanol–water partition coefficient (Wildman–Crippen LogP) is 2.15. The van der Waals surface area contributed by atoms with E-state index in [2.05, 4.69) is 34.6 Å². The number of carbonyl (C=O) groups is 1. The fraction of sp³-hybridized carbons (Fsp3) is 0.294. The zero-order valence-electron chi connectivity index (χ0n) is 11.8. The maximum absolute atomic E-state index is 11.4. The van der Waals surface area contributed by atoms with E-state index in [1.54, 1.807) is 6.20 Å². The number of rotatable bonds is 4. The van der Waals surface area contributed by atoms with Crippen molar-refractivity contribution in [1.29, 1.82) is 0 Å². The number of carbonyl (C=O) groups excluding carboxylic acids is 1. The van der Waals surface area contributed by atoms with Gasteiger partial charge in [-0.15, -0.1) is 0 Å². The zero-order chi connectivity index (χ0) is 14.7. The Hall–Kier alpha value is -2.36. The van der Waals surface area contributed by atoms with Crippen molar-refractivity contribution in [2.75, 3.05) is 5.32 Å². The Bertz CT molecular complexity index is 627. The molecule has 1 aromatic heterocycles. The largest absolute Gasteiger partial charge is 0.380 e. The molecule has 2 aromatic rings. The maximum Gasteiger partial charge on any atom is 0.217 e. The molecule has 1 heterocycles. The van der Waals surface area contributed by atoms with Crippen molar-refractivity contribution >= 4 is 11.6 Å². The molecule has 108 valence electrons. The van der Waals surface area contributed by atoms with E-state index < -0.39 is 0 Å². The first-order valence-electron chi connectivity index (χ1n) is 7.24. The molecule has 2 atom stereocenters. The topological polar surface area (TPSA) is 68.0 Å². The van der Waals surface area contributed by atoms with Crippen molar-refractivity contribution in [3.63, 3.8) is 0 Å². The molecule has 4 nitrogen and oxygen atoms in total. The van der Waals surface area contributed by atoms with E-state index >= 15 is 0 Å². The molecule has 21 heavy (non-hydrogen) atoms. The van der Waals surface area contributed by atoms with Crippen molar-refractivity contribution in [1.82, 2.24) is 4.98 Å². The molecule has 0 bridgehead atoms. The second kappa shape index (κ2) is 5.95. The quantitative estimate of drug-likeness (QED) is 0.902. The van der Waals surface area contributed by atoms with Crippen molar-refractivity contribution < 1.29 is 4.79 Å². The van der Waals surface area contributed by atoms with Crippen molar-refractivity contribution in [3.8, 4) is 0 Å². The SMILES string of the molecule is NC(=O)CC1Cc2ccccc2CC1Nc1cccnc1. The molecule has 3 N–H and O–H groups in total. The van der Waals surface area contributed by atoms with Crippen LogP contribution >= 0.6 is 0 Å². The standard InChI is InChI=1S/C17H19N3O/c18-17(21)10-14-8-12-4-1-2-5-13(12)9-16(14)20-15-6-3-7-19-11-15/h1-7,11,14,16,20H,8-10H2,(H2,18,21). The number of amides is 1. The van der Waals surface area contributed by atoms with Crippen LogP contribution in [0.25, 0.3) is 0 Å². The van der Waals surface area contributed by atoms with Crippen LogP contribution in [0.2, 0.25) is 0 Å². The molecule has 1 aromatic carbocycles. The Morgan fingerprint density at radius 1 is 1.19 bits per heavy atom. The third-order valence-electron chi connectivity index (χ3n) is 4.09. The van der Waals surface area contributed by atoms with Gasteiger partial charge in [0.15, 0.2) is 0 Å². The van der Waals surface area contributed by atoms with Gasteiger partial charge in [-0.1, -0.05) is 24.3 Å². The molecule has 1 amide bonds. The Morgan fingerprint density at radius 3 is 2.62 bits per heavy atom. The second-order valence-corrected chi connectivity index (χ2v) is 5.60. The van der Waals surface area contributed by atoms with Crippen LogP contribution in [0.15, 0.2) is 48.8 Å². The minimum absolute atomic E-state index is 0.205. The van der Waals surface area contributed by atoms with Crippen LogP contribution in [-0.2, 0) is 17.6 Å². The van der Waals surface area contributed by atoms with Gasteiger partial charge in [-0.25, -0.2) is 0 Å².